The Morgan fingerprint density at radius 3 is 2.70 bits per heavy atom. The first kappa shape index (κ1) is 20.4. The highest BCUT2D eigenvalue weighted by Gasteiger charge is 2.17. The number of hydrogen-bond acceptors (Lipinski definition) is 5. The molecule has 1 amide bonds. The van der Waals surface area contributed by atoms with Gasteiger partial charge >= 0.3 is 0 Å². The average molecular weight is 441 g/mol. The summed E-state index contributed by atoms with van der Waals surface area (Å²) in [6, 6.07) is 15.0. The maximum Gasteiger partial charge on any atom is 0.242 e. The van der Waals surface area contributed by atoms with Crippen LogP contribution in [-0.2, 0) is 24.5 Å². The fourth-order valence-electron chi connectivity index (χ4n) is 3.15. The van der Waals surface area contributed by atoms with E-state index in [1.807, 2.05) is 54.1 Å². The lowest BCUT2D eigenvalue weighted by molar-refractivity contribution is -0.131. The second-order valence-electron chi connectivity index (χ2n) is 6.94. The fraction of sp³-hybridized carbons (Fsp3) is 0.227. The largest absolute Gasteiger partial charge is 0.486 e. The summed E-state index contributed by atoms with van der Waals surface area (Å²) in [6.45, 7) is 2.93. The normalized spacial score (nSPS) is 11.0. The standard InChI is InChI=1S/C22H21ClN4O2S/c1-15-24-11-18(30-15)12-26(2)22(28)13-27-20-6-4-3-5-19(20)25-21(27)14-29-17-9-7-16(23)8-10-17/h3-11H,12-14H2,1-2H3. The van der Waals surface area contributed by atoms with Gasteiger partial charge < -0.3 is 14.2 Å². The molecule has 154 valence electrons. The minimum atomic E-state index is -0.00282. The van der Waals surface area contributed by atoms with Gasteiger partial charge in [-0.05, 0) is 43.3 Å². The molecular formula is C22H21ClN4O2S. The van der Waals surface area contributed by atoms with Gasteiger partial charge in [-0.15, -0.1) is 11.3 Å². The third kappa shape index (κ3) is 4.63. The summed E-state index contributed by atoms with van der Waals surface area (Å²) in [5.74, 6) is 1.39. The molecule has 4 rings (SSSR count). The van der Waals surface area contributed by atoms with Crippen LogP contribution in [0, 0.1) is 6.92 Å². The zero-order valence-corrected chi connectivity index (χ0v) is 18.3. The van der Waals surface area contributed by atoms with E-state index in [1.54, 1.807) is 35.4 Å². The molecule has 30 heavy (non-hydrogen) atoms. The summed E-state index contributed by atoms with van der Waals surface area (Å²) in [6.07, 6.45) is 1.82. The molecule has 0 aliphatic carbocycles. The number of imidazole rings is 1. The lowest BCUT2D eigenvalue weighted by atomic mass is 10.3. The maximum absolute atomic E-state index is 12.9. The molecule has 0 spiro atoms. The zero-order valence-electron chi connectivity index (χ0n) is 16.7. The van der Waals surface area contributed by atoms with Gasteiger partial charge in [-0.2, -0.15) is 0 Å². The molecule has 0 atom stereocenters. The maximum atomic E-state index is 12.9. The summed E-state index contributed by atoms with van der Waals surface area (Å²) in [5, 5.41) is 1.65. The summed E-state index contributed by atoms with van der Waals surface area (Å²) in [4.78, 5) is 24.6. The Labute approximate surface area is 183 Å². The third-order valence-electron chi connectivity index (χ3n) is 4.70. The molecule has 0 fully saturated rings. The van der Waals surface area contributed by atoms with Crippen molar-refractivity contribution < 1.29 is 9.53 Å². The molecule has 0 aliphatic rings. The van der Waals surface area contributed by atoms with E-state index in [0.717, 1.165) is 20.9 Å². The number of amides is 1. The van der Waals surface area contributed by atoms with Crippen molar-refractivity contribution in [2.45, 2.75) is 26.6 Å². The number of carbonyl (C=O) groups is 1. The number of thiazole rings is 1. The van der Waals surface area contributed by atoms with Gasteiger partial charge in [0.2, 0.25) is 5.91 Å². The van der Waals surface area contributed by atoms with Crippen molar-refractivity contribution in [3.8, 4) is 5.75 Å². The third-order valence-corrected chi connectivity index (χ3v) is 5.85. The molecule has 4 aromatic rings. The fourth-order valence-corrected chi connectivity index (χ4v) is 4.12. The topological polar surface area (TPSA) is 60.2 Å². The quantitative estimate of drug-likeness (QED) is 0.418. The van der Waals surface area contributed by atoms with Crippen LogP contribution in [0.3, 0.4) is 0 Å². The lowest BCUT2D eigenvalue weighted by Crippen LogP contribution is -2.30. The van der Waals surface area contributed by atoms with Gasteiger partial charge in [-0.1, -0.05) is 23.7 Å². The number of carbonyl (C=O) groups excluding carboxylic acids is 1. The Morgan fingerprint density at radius 1 is 1.20 bits per heavy atom. The van der Waals surface area contributed by atoms with E-state index in [9.17, 15) is 4.79 Å². The molecular weight excluding hydrogens is 420 g/mol. The van der Waals surface area contributed by atoms with Crippen LogP contribution in [0.25, 0.3) is 11.0 Å². The number of hydrogen-bond donors (Lipinski definition) is 0. The van der Waals surface area contributed by atoms with Gasteiger partial charge in [0.05, 0.1) is 22.6 Å². The van der Waals surface area contributed by atoms with Gasteiger partial charge in [0.15, 0.2) is 0 Å². The van der Waals surface area contributed by atoms with Gasteiger partial charge in [-0.3, -0.25) is 4.79 Å². The van der Waals surface area contributed by atoms with E-state index in [-0.39, 0.29) is 19.1 Å². The first-order valence-corrected chi connectivity index (χ1v) is 10.7. The molecule has 2 heterocycles. The van der Waals surface area contributed by atoms with Crippen LogP contribution in [0.1, 0.15) is 15.7 Å². The number of aryl methyl sites for hydroxylation is 1. The number of benzene rings is 2. The second kappa shape index (κ2) is 8.85. The van der Waals surface area contributed by atoms with Gasteiger partial charge in [0.1, 0.15) is 24.7 Å². The summed E-state index contributed by atoms with van der Waals surface area (Å²) < 4.78 is 7.80. The van der Waals surface area contributed by atoms with E-state index < -0.39 is 0 Å². The van der Waals surface area contributed by atoms with E-state index in [4.69, 9.17) is 16.3 Å². The van der Waals surface area contributed by atoms with Crippen LogP contribution < -0.4 is 4.74 Å². The Bertz CT molecular complexity index is 1170. The number of rotatable bonds is 7. The number of nitrogens with zero attached hydrogens (tertiary/aromatic N) is 4. The van der Waals surface area contributed by atoms with Crippen LogP contribution >= 0.6 is 22.9 Å². The Kier molecular flexibility index (Phi) is 6.01. The second-order valence-corrected chi connectivity index (χ2v) is 8.70. The molecule has 0 bridgehead atoms. The smallest absolute Gasteiger partial charge is 0.242 e. The summed E-state index contributed by atoms with van der Waals surface area (Å²) in [7, 11) is 1.81. The van der Waals surface area contributed by atoms with E-state index >= 15 is 0 Å². The monoisotopic (exact) mass is 440 g/mol. The molecule has 2 aromatic carbocycles. The lowest BCUT2D eigenvalue weighted by Gasteiger charge is -2.18. The first-order valence-electron chi connectivity index (χ1n) is 9.47. The van der Waals surface area contributed by atoms with Gasteiger partial charge in [0.25, 0.3) is 0 Å². The predicted molar refractivity (Wildman–Crippen MR) is 119 cm³/mol. The molecule has 6 nitrogen and oxygen atoms in total. The van der Waals surface area contributed by atoms with Crippen LogP contribution in [0.5, 0.6) is 5.75 Å². The van der Waals surface area contributed by atoms with Gasteiger partial charge in [-0.25, -0.2) is 9.97 Å². The minimum Gasteiger partial charge on any atom is -0.486 e. The predicted octanol–water partition coefficient (Wildman–Crippen LogP) is 4.69. The molecule has 0 saturated carbocycles. The zero-order chi connectivity index (χ0) is 21.1. The summed E-state index contributed by atoms with van der Waals surface area (Å²) >= 11 is 7.54. The van der Waals surface area contributed by atoms with E-state index in [0.29, 0.717) is 23.1 Å². The number of likely N-dealkylation sites (N-methyl/N-ethyl adjacent to an activating group) is 1. The number of halogens is 1. The highest BCUT2D eigenvalue weighted by atomic mass is 35.5. The molecule has 0 aliphatic heterocycles. The molecule has 0 saturated heterocycles. The highest BCUT2D eigenvalue weighted by Crippen LogP contribution is 2.21. The van der Waals surface area contributed by atoms with Crippen molar-refractivity contribution in [3.05, 3.63) is 75.5 Å². The van der Waals surface area contributed by atoms with E-state index in [1.165, 1.54) is 0 Å². The number of fused-ring (bicyclic) bond motifs is 1. The Hall–Kier alpha value is -2.90. The van der Waals surface area contributed by atoms with Crippen molar-refractivity contribution >= 4 is 39.9 Å². The molecule has 0 N–H and O–H groups in total. The molecule has 0 radical (unpaired) electrons. The first-order chi connectivity index (χ1) is 14.5. The molecule has 0 unspecified atom stereocenters. The number of para-hydroxylation sites is 2. The highest BCUT2D eigenvalue weighted by molar-refractivity contribution is 7.11. The Morgan fingerprint density at radius 2 is 1.97 bits per heavy atom. The number of ether oxygens (including phenoxy) is 1. The average Bonchev–Trinajstić information content (AvgIpc) is 3.30. The van der Waals surface area contributed by atoms with Crippen LogP contribution in [0.2, 0.25) is 5.02 Å². The summed E-state index contributed by atoms with van der Waals surface area (Å²) in [5.41, 5.74) is 1.74. The van der Waals surface area contributed by atoms with Crippen LogP contribution in [0.15, 0.2) is 54.7 Å². The Balaban J connectivity index is 1.53. The van der Waals surface area contributed by atoms with Crippen LogP contribution in [0.4, 0.5) is 0 Å². The molecule has 8 heteroatoms. The van der Waals surface area contributed by atoms with Crippen LogP contribution in [-0.4, -0.2) is 32.4 Å². The van der Waals surface area contributed by atoms with Crippen molar-refractivity contribution in [3.63, 3.8) is 0 Å². The van der Waals surface area contributed by atoms with Gasteiger partial charge in [0, 0.05) is 23.1 Å². The SMILES string of the molecule is Cc1ncc(CN(C)C(=O)Cn2c(COc3ccc(Cl)cc3)nc3ccccc32)s1. The van der Waals surface area contributed by atoms with Crippen molar-refractivity contribution in [1.82, 2.24) is 19.4 Å². The van der Waals surface area contributed by atoms with Crippen molar-refractivity contribution in [2.24, 2.45) is 0 Å². The molecule has 2 aromatic heterocycles. The number of aromatic nitrogens is 3. The minimum absolute atomic E-state index is 0.00282. The van der Waals surface area contributed by atoms with E-state index in [2.05, 4.69) is 9.97 Å². The van der Waals surface area contributed by atoms with Crippen molar-refractivity contribution in [1.29, 1.82) is 0 Å². The van der Waals surface area contributed by atoms with Crippen molar-refractivity contribution in [2.75, 3.05) is 7.05 Å².